The molecule has 3 heteroatoms. The van der Waals surface area contributed by atoms with Gasteiger partial charge in [0.1, 0.15) is 0 Å². The van der Waals surface area contributed by atoms with Crippen molar-refractivity contribution >= 4 is 11.6 Å². The molecule has 2 rings (SSSR count). The van der Waals surface area contributed by atoms with Gasteiger partial charge in [-0.15, -0.1) is 21.9 Å². The van der Waals surface area contributed by atoms with Crippen LogP contribution in [0.25, 0.3) is 0 Å². The lowest BCUT2D eigenvalue weighted by Gasteiger charge is -2.51. The zero-order valence-electron chi connectivity index (χ0n) is 12.2. The zero-order valence-corrected chi connectivity index (χ0v) is 12.9. The van der Waals surface area contributed by atoms with Crippen molar-refractivity contribution in [1.29, 1.82) is 0 Å². The summed E-state index contributed by atoms with van der Waals surface area (Å²) in [6, 6.07) is 10.2. The van der Waals surface area contributed by atoms with E-state index in [0.29, 0.717) is 5.92 Å². The predicted molar refractivity (Wildman–Crippen MR) is 78.4 cm³/mol. The largest absolute Gasteiger partial charge is 0.144 e. The Kier molecular flexibility index (Phi) is 3.97. The Bertz CT molecular complexity index is 412. The smallest absolute Gasteiger partial charge is 0.0614 e. The van der Waals surface area contributed by atoms with Gasteiger partial charge in [-0.2, -0.15) is 0 Å². The summed E-state index contributed by atoms with van der Waals surface area (Å²) in [5.74, 6) is 0.333. The summed E-state index contributed by atoms with van der Waals surface area (Å²) in [6.07, 6.45) is 1.67. The molecule has 1 radical (unpaired) electrons. The maximum atomic E-state index is 12.3. The first-order valence-electron chi connectivity index (χ1n) is 6.90. The van der Waals surface area contributed by atoms with Gasteiger partial charge in [0, 0.05) is 11.1 Å². The fourth-order valence-corrected chi connectivity index (χ4v) is 3.78. The third-order valence-electron chi connectivity index (χ3n) is 4.15. The number of nitrogens with zero attached hydrogens (tertiary/aromatic N) is 1. The van der Waals surface area contributed by atoms with Gasteiger partial charge in [0.15, 0.2) is 0 Å². The van der Waals surface area contributed by atoms with Crippen molar-refractivity contribution in [3.8, 4) is 0 Å². The van der Waals surface area contributed by atoms with E-state index in [4.69, 9.17) is 11.6 Å². The molecule has 0 amide bonds. The molecule has 1 fully saturated rings. The highest BCUT2D eigenvalue weighted by Gasteiger charge is 2.47. The van der Waals surface area contributed by atoms with Crippen LogP contribution in [0.15, 0.2) is 30.3 Å². The van der Waals surface area contributed by atoms with Crippen molar-refractivity contribution in [2.24, 2.45) is 5.92 Å². The molecule has 1 aliphatic rings. The maximum absolute atomic E-state index is 12.3. The summed E-state index contributed by atoms with van der Waals surface area (Å²) in [5.41, 5.74) is 0.447. The van der Waals surface area contributed by atoms with Gasteiger partial charge in [-0.1, -0.05) is 30.3 Å². The number of halogens is 1. The molecule has 19 heavy (non-hydrogen) atoms. The third kappa shape index (κ3) is 2.96. The summed E-state index contributed by atoms with van der Waals surface area (Å²) in [7, 11) is 0. The molecular weight excluding hydrogens is 258 g/mol. The van der Waals surface area contributed by atoms with Crippen LogP contribution < -0.4 is 0 Å². The van der Waals surface area contributed by atoms with Gasteiger partial charge in [0.25, 0.3) is 0 Å². The summed E-state index contributed by atoms with van der Waals surface area (Å²) in [6.45, 7) is 8.07. The van der Waals surface area contributed by atoms with Crippen LogP contribution >= 0.6 is 11.6 Å². The van der Waals surface area contributed by atoms with E-state index in [-0.39, 0.29) is 16.5 Å². The van der Waals surface area contributed by atoms with Crippen LogP contribution in [-0.2, 0) is 5.21 Å². The van der Waals surface area contributed by atoms with E-state index >= 15 is 0 Å². The molecule has 2 nitrogen and oxygen atoms in total. The Hall–Kier alpha value is -0.570. The minimum Gasteiger partial charge on any atom is -0.144 e. The van der Waals surface area contributed by atoms with E-state index in [1.54, 1.807) is 0 Å². The summed E-state index contributed by atoms with van der Waals surface area (Å²) < 4.78 is 0. The first-order valence-corrected chi connectivity index (χ1v) is 7.34. The van der Waals surface area contributed by atoms with Gasteiger partial charge in [-0.3, -0.25) is 0 Å². The molecule has 0 N–H and O–H groups in total. The van der Waals surface area contributed by atoms with Crippen molar-refractivity contribution < 1.29 is 5.21 Å². The Balaban J connectivity index is 2.22. The van der Waals surface area contributed by atoms with Crippen LogP contribution in [0.1, 0.15) is 51.5 Å². The van der Waals surface area contributed by atoms with E-state index < -0.39 is 0 Å². The van der Waals surface area contributed by atoms with Crippen molar-refractivity contribution in [3.63, 3.8) is 0 Å². The molecule has 1 saturated heterocycles. The number of hydrogen-bond donors (Lipinski definition) is 0. The molecule has 1 unspecified atom stereocenters. The van der Waals surface area contributed by atoms with E-state index in [9.17, 15) is 5.21 Å². The number of alkyl halides is 1. The standard InChI is InChI=1S/C16H23ClNO/c1-15(2)10-13(11-16(3,4)18(15)19)14(17)12-8-6-5-7-9-12/h5-9,13-14H,10-11H2,1-4H3. The monoisotopic (exact) mass is 280 g/mol. The van der Waals surface area contributed by atoms with Crippen LogP contribution in [0, 0.1) is 5.92 Å². The lowest BCUT2D eigenvalue weighted by atomic mass is 9.73. The fourth-order valence-electron chi connectivity index (χ4n) is 3.46. The Morgan fingerprint density at radius 3 is 2.05 bits per heavy atom. The highest BCUT2D eigenvalue weighted by molar-refractivity contribution is 6.21. The average Bonchev–Trinajstić information content (AvgIpc) is 2.35. The average molecular weight is 281 g/mol. The number of piperidine rings is 1. The van der Waals surface area contributed by atoms with Crippen LogP contribution in [0.5, 0.6) is 0 Å². The quantitative estimate of drug-likeness (QED) is 0.727. The number of rotatable bonds is 2. The number of hydrogen-bond acceptors (Lipinski definition) is 1. The minimum absolute atomic E-state index is 0.0200. The molecule has 0 aromatic heterocycles. The zero-order chi connectivity index (χ0) is 14.3. The van der Waals surface area contributed by atoms with Gasteiger partial charge in [0.05, 0.1) is 5.38 Å². The lowest BCUT2D eigenvalue weighted by Crippen LogP contribution is -2.58. The Morgan fingerprint density at radius 2 is 1.58 bits per heavy atom. The predicted octanol–water partition coefficient (Wildman–Crippen LogP) is 4.58. The number of benzene rings is 1. The van der Waals surface area contributed by atoms with E-state index in [2.05, 4.69) is 12.1 Å². The highest BCUT2D eigenvalue weighted by Crippen LogP contribution is 2.46. The fraction of sp³-hybridized carbons (Fsp3) is 0.625. The molecule has 1 aromatic rings. The van der Waals surface area contributed by atoms with Gasteiger partial charge in [0.2, 0.25) is 0 Å². The van der Waals surface area contributed by atoms with E-state index in [0.717, 1.165) is 18.4 Å². The summed E-state index contributed by atoms with van der Waals surface area (Å²) in [5, 5.41) is 13.6. The minimum atomic E-state index is -0.353. The summed E-state index contributed by atoms with van der Waals surface area (Å²) in [4.78, 5) is 0. The maximum Gasteiger partial charge on any atom is 0.0614 e. The molecule has 0 saturated carbocycles. The molecule has 1 aliphatic heterocycles. The topological polar surface area (TPSA) is 23.1 Å². The second kappa shape index (κ2) is 5.08. The van der Waals surface area contributed by atoms with E-state index in [1.807, 2.05) is 45.9 Å². The van der Waals surface area contributed by atoms with Gasteiger partial charge in [-0.25, -0.2) is 0 Å². The Morgan fingerprint density at radius 1 is 1.11 bits per heavy atom. The van der Waals surface area contributed by atoms with Crippen molar-refractivity contribution in [1.82, 2.24) is 5.06 Å². The van der Waals surface area contributed by atoms with Gasteiger partial charge in [-0.05, 0) is 52.0 Å². The second-order valence-electron chi connectivity index (χ2n) is 6.90. The van der Waals surface area contributed by atoms with Crippen LogP contribution in [0.4, 0.5) is 0 Å². The number of hydroxylamine groups is 2. The molecule has 0 aliphatic carbocycles. The second-order valence-corrected chi connectivity index (χ2v) is 7.37. The first kappa shape index (κ1) is 14.8. The van der Waals surface area contributed by atoms with Crippen LogP contribution in [-0.4, -0.2) is 16.1 Å². The van der Waals surface area contributed by atoms with Crippen molar-refractivity contribution in [2.45, 2.75) is 57.0 Å². The lowest BCUT2D eigenvalue weighted by molar-refractivity contribution is -0.294. The van der Waals surface area contributed by atoms with Crippen LogP contribution in [0.2, 0.25) is 0 Å². The van der Waals surface area contributed by atoms with Crippen molar-refractivity contribution in [3.05, 3.63) is 35.9 Å². The van der Waals surface area contributed by atoms with Crippen molar-refractivity contribution in [2.75, 3.05) is 0 Å². The molecule has 1 aromatic carbocycles. The molecule has 105 valence electrons. The molecule has 0 spiro atoms. The van der Waals surface area contributed by atoms with Gasteiger partial charge < -0.3 is 0 Å². The molecule has 0 bridgehead atoms. The van der Waals surface area contributed by atoms with Gasteiger partial charge >= 0.3 is 0 Å². The Labute approximate surface area is 121 Å². The van der Waals surface area contributed by atoms with E-state index in [1.165, 1.54) is 5.06 Å². The van der Waals surface area contributed by atoms with Crippen LogP contribution in [0.3, 0.4) is 0 Å². The SMILES string of the molecule is CC1(C)CC(C(Cl)c2ccccc2)CC(C)(C)N1[O]. The highest BCUT2D eigenvalue weighted by atomic mass is 35.5. The first-order chi connectivity index (χ1) is 8.74. The molecule has 1 heterocycles. The summed E-state index contributed by atoms with van der Waals surface area (Å²) >= 11 is 6.67. The normalized spacial score (nSPS) is 25.2. The third-order valence-corrected chi connectivity index (χ3v) is 4.76. The molecular formula is C16H23ClNO. The molecule has 1 atom stereocenters.